The average molecular weight is 296 g/mol. The second-order valence-corrected chi connectivity index (χ2v) is 5.61. The first-order valence-corrected chi connectivity index (χ1v) is 8.29. The maximum atomic E-state index is 12.1. The Morgan fingerprint density at radius 2 is 2.05 bits per heavy atom. The van der Waals surface area contributed by atoms with Gasteiger partial charge in [0.1, 0.15) is 5.75 Å². The van der Waals surface area contributed by atoms with E-state index < -0.39 is 0 Å². The van der Waals surface area contributed by atoms with Gasteiger partial charge in [0.25, 0.3) is 5.91 Å². The average Bonchev–Trinajstić information content (AvgIpc) is 2.46. The highest BCUT2D eigenvalue weighted by molar-refractivity contribution is 7.98. The smallest absolute Gasteiger partial charge is 0.255 e. The van der Waals surface area contributed by atoms with E-state index in [1.54, 1.807) is 25.3 Å². The molecule has 0 atom stereocenters. The molecule has 3 N–H and O–H groups in total. The van der Waals surface area contributed by atoms with Crippen LogP contribution in [0, 0.1) is 0 Å². The van der Waals surface area contributed by atoms with E-state index in [0.29, 0.717) is 23.5 Å². The molecule has 0 aliphatic rings. The van der Waals surface area contributed by atoms with Crippen LogP contribution in [-0.4, -0.2) is 31.6 Å². The molecule has 0 unspecified atom stereocenters. The third-order valence-corrected chi connectivity index (χ3v) is 3.73. The molecule has 1 rings (SSSR count). The number of ether oxygens (including phenoxy) is 1. The zero-order valence-corrected chi connectivity index (χ0v) is 13.1. The van der Waals surface area contributed by atoms with Gasteiger partial charge >= 0.3 is 0 Å². The van der Waals surface area contributed by atoms with Gasteiger partial charge in [-0.15, -0.1) is 0 Å². The van der Waals surface area contributed by atoms with Crippen LogP contribution in [0.1, 0.15) is 36.0 Å². The van der Waals surface area contributed by atoms with Gasteiger partial charge in [0.15, 0.2) is 0 Å². The lowest BCUT2D eigenvalue weighted by molar-refractivity contribution is 0.0950. The van der Waals surface area contributed by atoms with E-state index in [2.05, 4.69) is 11.6 Å². The number of unbranched alkanes of at least 4 members (excludes halogenated alkanes) is 3. The molecule has 0 saturated carbocycles. The van der Waals surface area contributed by atoms with Crippen LogP contribution >= 0.6 is 11.8 Å². The van der Waals surface area contributed by atoms with E-state index in [1.807, 2.05) is 11.8 Å². The maximum Gasteiger partial charge on any atom is 0.255 e. The summed E-state index contributed by atoms with van der Waals surface area (Å²) in [6.07, 6.45) is 6.75. The molecule has 1 aromatic rings. The number of rotatable bonds is 9. The summed E-state index contributed by atoms with van der Waals surface area (Å²) in [4.78, 5) is 12.1. The fourth-order valence-electron chi connectivity index (χ4n) is 1.93. The second kappa shape index (κ2) is 9.53. The molecule has 20 heavy (non-hydrogen) atoms. The summed E-state index contributed by atoms with van der Waals surface area (Å²) in [5.74, 6) is 1.64. The van der Waals surface area contributed by atoms with Crippen molar-refractivity contribution in [3.05, 3.63) is 23.8 Å². The molecule has 0 aliphatic heterocycles. The number of anilines is 1. The number of carbonyl (C=O) groups is 1. The lowest BCUT2D eigenvalue weighted by atomic mass is 10.1. The number of hydrogen-bond acceptors (Lipinski definition) is 4. The van der Waals surface area contributed by atoms with Crippen molar-refractivity contribution in [2.75, 3.05) is 31.4 Å². The van der Waals surface area contributed by atoms with E-state index in [9.17, 15) is 4.79 Å². The zero-order valence-electron chi connectivity index (χ0n) is 12.3. The summed E-state index contributed by atoms with van der Waals surface area (Å²) in [7, 11) is 1.55. The number of amides is 1. The number of nitrogen functional groups attached to an aromatic ring is 1. The molecule has 1 amide bonds. The minimum absolute atomic E-state index is 0.127. The highest BCUT2D eigenvalue weighted by Crippen LogP contribution is 2.20. The number of nitrogens with one attached hydrogen (secondary N) is 1. The number of nitrogens with two attached hydrogens (primary N) is 1. The highest BCUT2D eigenvalue weighted by Gasteiger charge is 2.11. The van der Waals surface area contributed by atoms with E-state index in [-0.39, 0.29) is 5.91 Å². The first-order valence-electron chi connectivity index (χ1n) is 6.89. The predicted octanol–water partition coefficient (Wildman–Crippen LogP) is 2.93. The Balaban J connectivity index is 2.34. The molecule has 0 heterocycles. The van der Waals surface area contributed by atoms with Crippen LogP contribution in [-0.2, 0) is 0 Å². The van der Waals surface area contributed by atoms with Crippen molar-refractivity contribution in [3.63, 3.8) is 0 Å². The molecule has 0 aliphatic carbocycles. The van der Waals surface area contributed by atoms with Gasteiger partial charge in [-0.1, -0.05) is 12.8 Å². The van der Waals surface area contributed by atoms with Crippen LogP contribution in [0.25, 0.3) is 0 Å². The molecule has 0 bridgehead atoms. The van der Waals surface area contributed by atoms with Crippen LogP contribution in [0.4, 0.5) is 5.69 Å². The Morgan fingerprint density at radius 3 is 2.75 bits per heavy atom. The lowest BCUT2D eigenvalue weighted by Crippen LogP contribution is -2.25. The molecule has 112 valence electrons. The van der Waals surface area contributed by atoms with Crippen LogP contribution in [0.5, 0.6) is 5.75 Å². The Morgan fingerprint density at radius 1 is 1.30 bits per heavy atom. The summed E-state index contributed by atoms with van der Waals surface area (Å²) in [5, 5.41) is 2.91. The largest absolute Gasteiger partial charge is 0.496 e. The van der Waals surface area contributed by atoms with Gasteiger partial charge in [0.2, 0.25) is 0 Å². The van der Waals surface area contributed by atoms with Gasteiger partial charge in [0.05, 0.1) is 12.7 Å². The van der Waals surface area contributed by atoms with Crippen molar-refractivity contribution in [2.45, 2.75) is 25.7 Å². The first-order chi connectivity index (χ1) is 9.69. The molecule has 1 aromatic carbocycles. The predicted molar refractivity (Wildman–Crippen MR) is 86.6 cm³/mol. The van der Waals surface area contributed by atoms with Crippen LogP contribution < -0.4 is 15.8 Å². The van der Waals surface area contributed by atoms with Crippen molar-refractivity contribution in [1.29, 1.82) is 0 Å². The molecule has 0 aromatic heterocycles. The number of thioether (sulfide) groups is 1. The van der Waals surface area contributed by atoms with Crippen molar-refractivity contribution < 1.29 is 9.53 Å². The van der Waals surface area contributed by atoms with Gasteiger partial charge in [0, 0.05) is 12.2 Å². The van der Waals surface area contributed by atoms with Gasteiger partial charge in [-0.3, -0.25) is 4.79 Å². The standard InChI is InChI=1S/C15H24N2O2S/c1-19-14-8-7-12(16)11-13(14)15(18)17-9-5-3-4-6-10-20-2/h7-8,11H,3-6,9-10,16H2,1-2H3,(H,17,18). The molecule has 0 saturated heterocycles. The van der Waals surface area contributed by atoms with E-state index >= 15 is 0 Å². The summed E-state index contributed by atoms with van der Waals surface area (Å²) >= 11 is 1.88. The SMILES string of the molecule is COc1ccc(N)cc1C(=O)NCCCCCCSC. The van der Waals surface area contributed by atoms with Crippen LogP contribution in [0.2, 0.25) is 0 Å². The van der Waals surface area contributed by atoms with Gasteiger partial charge < -0.3 is 15.8 Å². The van der Waals surface area contributed by atoms with Crippen molar-refractivity contribution in [2.24, 2.45) is 0 Å². The van der Waals surface area contributed by atoms with Crippen LogP contribution in [0.3, 0.4) is 0 Å². The molecule has 4 nitrogen and oxygen atoms in total. The molecule has 0 spiro atoms. The van der Waals surface area contributed by atoms with E-state index in [0.717, 1.165) is 12.8 Å². The summed E-state index contributed by atoms with van der Waals surface area (Å²) in [6, 6.07) is 5.08. The maximum absolute atomic E-state index is 12.1. The fraction of sp³-hybridized carbons (Fsp3) is 0.533. The third kappa shape index (κ3) is 5.74. The topological polar surface area (TPSA) is 64.3 Å². The monoisotopic (exact) mass is 296 g/mol. The molecule has 5 heteroatoms. The normalized spacial score (nSPS) is 10.3. The molecular formula is C15H24N2O2S. The summed E-state index contributed by atoms with van der Waals surface area (Å²) < 4.78 is 5.17. The number of benzene rings is 1. The highest BCUT2D eigenvalue weighted by atomic mass is 32.2. The zero-order chi connectivity index (χ0) is 14.8. The lowest BCUT2D eigenvalue weighted by Gasteiger charge is -2.10. The van der Waals surface area contributed by atoms with E-state index in [1.165, 1.54) is 18.6 Å². The van der Waals surface area contributed by atoms with Gasteiger partial charge in [-0.2, -0.15) is 11.8 Å². The Labute approximate surface area is 125 Å². The Bertz CT molecular complexity index is 424. The van der Waals surface area contributed by atoms with Gasteiger partial charge in [-0.05, 0) is 43.0 Å². The van der Waals surface area contributed by atoms with Crippen molar-refractivity contribution >= 4 is 23.4 Å². The quantitative estimate of drug-likeness (QED) is 0.543. The number of methoxy groups -OCH3 is 1. The van der Waals surface area contributed by atoms with Crippen LogP contribution in [0.15, 0.2) is 18.2 Å². The minimum Gasteiger partial charge on any atom is -0.496 e. The Kier molecular flexibility index (Phi) is 7.95. The molecule has 0 radical (unpaired) electrons. The minimum atomic E-state index is -0.127. The van der Waals surface area contributed by atoms with E-state index in [4.69, 9.17) is 10.5 Å². The van der Waals surface area contributed by atoms with Crippen molar-refractivity contribution in [3.8, 4) is 5.75 Å². The third-order valence-electron chi connectivity index (χ3n) is 3.03. The first kappa shape index (κ1) is 16.7. The van der Waals surface area contributed by atoms with Crippen molar-refractivity contribution in [1.82, 2.24) is 5.32 Å². The fourth-order valence-corrected chi connectivity index (χ4v) is 2.42. The summed E-state index contributed by atoms with van der Waals surface area (Å²) in [5.41, 5.74) is 6.76. The number of hydrogen-bond donors (Lipinski definition) is 2. The van der Waals surface area contributed by atoms with Gasteiger partial charge in [-0.25, -0.2) is 0 Å². The molecule has 0 fully saturated rings. The molecular weight excluding hydrogens is 272 g/mol. The number of carbonyl (C=O) groups excluding carboxylic acids is 1. The summed E-state index contributed by atoms with van der Waals surface area (Å²) in [6.45, 7) is 0.691. The second-order valence-electron chi connectivity index (χ2n) is 4.62. The Hall–Kier alpha value is -1.36.